The van der Waals surface area contributed by atoms with Gasteiger partial charge >= 0.3 is 5.97 Å². The van der Waals surface area contributed by atoms with E-state index in [2.05, 4.69) is 0 Å². The minimum absolute atomic E-state index is 0.133. The van der Waals surface area contributed by atoms with E-state index < -0.39 is 22.1 Å². The number of hydrogen-bond acceptors (Lipinski definition) is 5. The lowest BCUT2D eigenvalue weighted by Gasteiger charge is -2.36. The molecule has 0 heterocycles. The molecule has 0 fully saturated rings. The van der Waals surface area contributed by atoms with E-state index >= 15 is 0 Å². The molecule has 0 N–H and O–H groups in total. The Bertz CT molecular complexity index is 1170. The Hall–Kier alpha value is -2.89. The van der Waals surface area contributed by atoms with Crippen molar-refractivity contribution < 1.29 is 19.1 Å². The number of ketones is 1. The first kappa shape index (κ1) is 26.7. The fourth-order valence-corrected chi connectivity index (χ4v) is 5.03. The van der Waals surface area contributed by atoms with E-state index in [4.69, 9.17) is 22.1 Å². The van der Waals surface area contributed by atoms with Crippen molar-refractivity contribution >= 4 is 24.4 Å². The molecule has 2 unspecified atom stereocenters. The Morgan fingerprint density at radius 1 is 0.886 bits per heavy atom. The van der Waals surface area contributed by atoms with Gasteiger partial charge in [0.25, 0.3) is 0 Å². The molecule has 3 rings (SSSR count). The Labute approximate surface area is 214 Å². The lowest BCUT2D eigenvalue weighted by Crippen LogP contribution is -2.52. The summed E-state index contributed by atoms with van der Waals surface area (Å²) in [6, 6.07) is 23.4. The van der Waals surface area contributed by atoms with Gasteiger partial charge in [0.05, 0.1) is 6.61 Å². The lowest BCUT2D eigenvalue weighted by molar-refractivity contribution is -0.156. The van der Waals surface area contributed by atoms with Crippen LogP contribution in [-0.4, -0.2) is 31.1 Å². The van der Waals surface area contributed by atoms with Gasteiger partial charge in [-0.15, -0.1) is 12.6 Å². The summed E-state index contributed by atoms with van der Waals surface area (Å²) in [5.74, 6) is -1.14. The minimum Gasteiger partial charge on any atom is -0.464 e. The molecule has 0 aromatic heterocycles. The monoisotopic (exact) mass is 490 g/mol. The number of aryl methyl sites for hydroxylation is 3. The highest BCUT2D eigenvalue weighted by Gasteiger charge is 2.54. The smallest absolute Gasteiger partial charge is 0.334 e. The second-order valence-electron chi connectivity index (χ2n) is 8.99. The average molecular weight is 491 g/mol. The molecule has 0 amide bonds. The molecular weight excluding hydrogens is 456 g/mol. The van der Waals surface area contributed by atoms with Crippen LogP contribution in [0.15, 0.2) is 72.8 Å². The Balaban J connectivity index is 2.16. The highest BCUT2D eigenvalue weighted by atomic mass is 32.1. The lowest BCUT2D eigenvalue weighted by atomic mass is 9.78. The summed E-state index contributed by atoms with van der Waals surface area (Å²) < 4.78 is 9.39. The van der Waals surface area contributed by atoms with Crippen LogP contribution in [0.1, 0.15) is 42.5 Å². The van der Waals surface area contributed by atoms with Crippen molar-refractivity contribution in [3.8, 4) is 11.1 Å². The molecule has 0 saturated heterocycles. The highest BCUT2D eigenvalue weighted by molar-refractivity contribution is 7.83. The van der Waals surface area contributed by atoms with Crippen LogP contribution in [0, 0.1) is 13.8 Å². The van der Waals surface area contributed by atoms with Gasteiger partial charge in [-0.3, -0.25) is 4.79 Å². The second-order valence-corrected chi connectivity index (χ2v) is 9.66. The summed E-state index contributed by atoms with van der Waals surface area (Å²) in [7, 11) is 1.50. The molecule has 0 radical (unpaired) electrons. The van der Waals surface area contributed by atoms with E-state index in [1.165, 1.54) is 7.11 Å². The maximum Gasteiger partial charge on any atom is 0.334 e. The largest absolute Gasteiger partial charge is 0.464 e. The molecule has 5 heteroatoms. The van der Waals surface area contributed by atoms with Crippen LogP contribution in [0.25, 0.3) is 11.1 Å². The predicted molar refractivity (Wildman–Crippen MR) is 144 cm³/mol. The predicted octanol–water partition coefficient (Wildman–Crippen LogP) is 6.27. The zero-order valence-electron chi connectivity index (χ0n) is 21.1. The molecule has 0 aliphatic heterocycles. The van der Waals surface area contributed by atoms with E-state index in [0.717, 1.165) is 27.8 Å². The molecule has 4 nitrogen and oxygen atoms in total. The maximum atomic E-state index is 14.3. The number of benzene rings is 3. The topological polar surface area (TPSA) is 52.6 Å². The van der Waals surface area contributed by atoms with Crippen molar-refractivity contribution in [2.24, 2.45) is 0 Å². The first-order valence-corrected chi connectivity index (χ1v) is 12.3. The summed E-state index contributed by atoms with van der Waals surface area (Å²) >= 11 is 4.84. The number of carbonyl (C=O) groups is 2. The third-order valence-electron chi connectivity index (χ3n) is 6.63. The summed E-state index contributed by atoms with van der Waals surface area (Å²) in [4.78, 5) is 27.8. The van der Waals surface area contributed by atoms with Crippen LogP contribution in [0.4, 0.5) is 0 Å². The van der Waals surface area contributed by atoms with Gasteiger partial charge in [-0.25, -0.2) is 4.79 Å². The van der Waals surface area contributed by atoms with E-state index in [9.17, 15) is 9.59 Å². The molecule has 0 bridgehead atoms. The van der Waals surface area contributed by atoms with Gasteiger partial charge in [0.2, 0.25) is 0 Å². The second kappa shape index (κ2) is 11.2. The Morgan fingerprint density at radius 3 is 2.09 bits per heavy atom. The van der Waals surface area contributed by atoms with Gasteiger partial charge in [0.1, 0.15) is 5.60 Å². The Kier molecular flexibility index (Phi) is 8.57. The molecule has 3 aromatic carbocycles. The van der Waals surface area contributed by atoms with E-state index in [1.54, 1.807) is 19.9 Å². The number of rotatable bonds is 10. The van der Waals surface area contributed by atoms with Crippen molar-refractivity contribution in [3.63, 3.8) is 0 Å². The number of methoxy groups -OCH3 is 1. The minimum atomic E-state index is -1.86. The molecule has 3 aromatic rings. The fraction of sp³-hybridized carbons (Fsp3) is 0.333. The average Bonchev–Trinajstić information content (AvgIpc) is 2.87. The van der Waals surface area contributed by atoms with Crippen LogP contribution in [0.5, 0.6) is 0 Å². The summed E-state index contributed by atoms with van der Waals surface area (Å²) in [5.41, 5.74) is 4.15. The summed E-state index contributed by atoms with van der Waals surface area (Å²) in [6.07, 6.45) is 1.00. The standard InChI is InChI=1S/C30H34O4S/c1-6-34-28(32)30(35,27(31)29(4,33-5)20-19-23-15-8-7-9-16-23)25-18-11-10-17-24(25)26-21(2)13-12-14-22(26)3/h7-18,35H,6,19-20H2,1-5H3. The third kappa shape index (κ3) is 5.36. The Morgan fingerprint density at radius 2 is 1.49 bits per heavy atom. The van der Waals surface area contributed by atoms with Crippen molar-refractivity contribution in [3.05, 3.63) is 95.1 Å². The van der Waals surface area contributed by atoms with Gasteiger partial charge in [0.15, 0.2) is 10.5 Å². The molecule has 0 aliphatic carbocycles. The van der Waals surface area contributed by atoms with Crippen LogP contribution < -0.4 is 0 Å². The number of carbonyl (C=O) groups excluding carboxylic acids is 2. The molecular formula is C30H34O4S. The molecule has 0 saturated carbocycles. The normalized spacial score (nSPS) is 14.6. The quantitative estimate of drug-likeness (QED) is 0.207. The van der Waals surface area contributed by atoms with Crippen molar-refractivity contribution in [1.29, 1.82) is 0 Å². The summed E-state index contributed by atoms with van der Waals surface area (Å²) in [5, 5.41) is 0. The summed E-state index contributed by atoms with van der Waals surface area (Å²) in [6.45, 7) is 7.62. The maximum absolute atomic E-state index is 14.3. The van der Waals surface area contributed by atoms with Crippen LogP contribution >= 0.6 is 12.6 Å². The first-order valence-electron chi connectivity index (χ1n) is 11.9. The van der Waals surface area contributed by atoms with E-state index in [1.807, 2.05) is 80.6 Å². The van der Waals surface area contributed by atoms with Gasteiger partial charge in [-0.05, 0) is 73.9 Å². The van der Waals surface area contributed by atoms with Gasteiger partial charge in [0, 0.05) is 7.11 Å². The molecule has 0 aliphatic rings. The molecule has 2 atom stereocenters. The van der Waals surface area contributed by atoms with Crippen LogP contribution in [0.3, 0.4) is 0 Å². The van der Waals surface area contributed by atoms with Crippen molar-refractivity contribution in [1.82, 2.24) is 0 Å². The van der Waals surface area contributed by atoms with E-state index in [-0.39, 0.29) is 6.61 Å². The van der Waals surface area contributed by atoms with E-state index in [0.29, 0.717) is 18.4 Å². The van der Waals surface area contributed by atoms with Gasteiger partial charge < -0.3 is 9.47 Å². The first-order chi connectivity index (χ1) is 16.7. The number of thiol groups is 1. The zero-order chi connectivity index (χ0) is 25.6. The molecule has 35 heavy (non-hydrogen) atoms. The SMILES string of the molecule is CCOC(=O)C(S)(C(=O)C(C)(CCc1ccccc1)OC)c1ccccc1-c1c(C)cccc1C. The third-order valence-corrected chi connectivity index (χ3v) is 7.26. The van der Waals surface area contributed by atoms with Gasteiger partial charge in [-0.2, -0.15) is 0 Å². The fourth-order valence-electron chi connectivity index (χ4n) is 4.53. The number of Topliss-reactive ketones (excluding diaryl/α,β-unsaturated/α-hetero) is 1. The van der Waals surface area contributed by atoms with Gasteiger partial charge in [-0.1, -0.05) is 72.8 Å². The zero-order valence-corrected chi connectivity index (χ0v) is 22.0. The molecule has 0 spiro atoms. The van der Waals surface area contributed by atoms with Crippen molar-refractivity contribution in [2.75, 3.05) is 13.7 Å². The van der Waals surface area contributed by atoms with Crippen molar-refractivity contribution in [2.45, 2.75) is 50.9 Å². The van der Waals surface area contributed by atoms with Crippen LogP contribution in [0.2, 0.25) is 0 Å². The highest BCUT2D eigenvalue weighted by Crippen LogP contribution is 2.43. The number of esters is 1. The number of hydrogen-bond donors (Lipinski definition) is 1. The molecule has 184 valence electrons. The van der Waals surface area contributed by atoms with Crippen LogP contribution in [-0.2, 0) is 30.2 Å². The number of ether oxygens (including phenoxy) is 2.